The molecule has 4 N–H and O–H groups in total. The number of halogens is 1. The van der Waals surface area contributed by atoms with Crippen molar-refractivity contribution in [3.05, 3.63) is 23.2 Å². The van der Waals surface area contributed by atoms with Gasteiger partial charge in [0.2, 0.25) is 5.91 Å². The molecule has 19 heavy (non-hydrogen) atoms. The predicted molar refractivity (Wildman–Crippen MR) is 78.3 cm³/mol. The molecule has 0 aromatic heterocycles. The first-order valence-corrected chi connectivity index (χ1v) is 6.31. The summed E-state index contributed by atoms with van der Waals surface area (Å²) in [7, 11) is 1.77. The molecule has 106 valence electrons. The summed E-state index contributed by atoms with van der Waals surface area (Å²) in [5, 5.41) is 12.4. The van der Waals surface area contributed by atoms with Gasteiger partial charge in [0.1, 0.15) is 0 Å². The van der Waals surface area contributed by atoms with Crippen LogP contribution in [0.2, 0.25) is 5.02 Å². The summed E-state index contributed by atoms with van der Waals surface area (Å²) in [4.78, 5) is 13.7. The number of nitrogens with two attached hydrogens (primary N) is 1. The van der Waals surface area contributed by atoms with Gasteiger partial charge in [-0.2, -0.15) is 0 Å². The highest BCUT2D eigenvalue weighted by molar-refractivity contribution is 6.33. The Morgan fingerprint density at radius 2 is 2.16 bits per heavy atom. The van der Waals surface area contributed by atoms with Gasteiger partial charge in [-0.3, -0.25) is 9.69 Å². The molecule has 0 fully saturated rings. The van der Waals surface area contributed by atoms with Gasteiger partial charge in [-0.15, -0.1) is 0 Å². The van der Waals surface area contributed by atoms with E-state index in [2.05, 4.69) is 5.32 Å². The van der Waals surface area contributed by atoms with Gasteiger partial charge in [-0.25, -0.2) is 0 Å². The number of likely N-dealkylation sites (N-methyl/N-ethyl adjacent to an activating group) is 1. The van der Waals surface area contributed by atoms with Gasteiger partial charge in [-0.1, -0.05) is 11.6 Å². The van der Waals surface area contributed by atoms with Crippen LogP contribution in [-0.4, -0.2) is 41.7 Å². The van der Waals surface area contributed by atoms with Crippen molar-refractivity contribution in [2.75, 3.05) is 31.2 Å². The Balaban J connectivity index is 2.68. The maximum atomic E-state index is 11.9. The van der Waals surface area contributed by atoms with Gasteiger partial charge in [0.05, 0.1) is 23.9 Å². The van der Waals surface area contributed by atoms with E-state index in [-0.39, 0.29) is 19.1 Å². The van der Waals surface area contributed by atoms with Gasteiger partial charge in [-0.05, 0) is 39.1 Å². The molecule has 1 aromatic carbocycles. The van der Waals surface area contributed by atoms with Crippen molar-refractivity contribution in [3.8, 4) is 0 Å². The van der Waals surface area contributed by atoms with E-state index < -0.39 is 5.54 Å². The number of anilines is 2. The second-order valence-corrected chi connectivity index (χ2v) is 5.52. The molecule has 0 aliphatic carbocycles. The molecule has 0 aliphatic rings. The van der Waals surface area contributed by atoms with Gasteiger partial charge < -0.3 is 16.2 Å². The molecule has 1 aromatic rings. The molecule has 0 saturated heterocycles. The fourth-order valence-electron chi connectivity index (χ4n) is 1.38. The summed E-state index contributed by atoms with van der Waals surface area (Å²) in [6, 6.07) is 4.91. The lowest BCUT2D eigenvalue weighted by Gasteiger charge is -2.33. The molecule has 1 rings (SSSR count). The van der Waals surface area contributed by atoms with Crippen LogP contribution in [0.3, 0.4) is 0 Å². The molecule has 5 nitrogen and oxygen atoms in total. The number of nitrogen functional groups attached to an aromatic ring is 1. The van der Waals surface area contributed by atoms with Gasteiger partial charge >= 0.3 is 0 Å². The normalized spacial score (nSPS) is 11.7. The standard InChI is InChI=1S/C13H20ClN3O2/c1-13(2,8-18)17(3)7-12(19)16-11-6-9(15)4-5-10(11)14/h4-6,18H,7-8,15H2,1-3H3,(H,16,19). The number of aliphatic hydroxyl groups excluding tert-OH is 1. The lowest BCUT2D eigenvalue weighted by molar-refractivity contribution is -0.118. The summed E-state index contributed by atoms with van der Waals surface area (Å²) >= 11 is 5.97. The molecule has 0 aliphatic heterocycles. The van der Waals surface area contributed by atoms with Crippen LogP contribution < -0.4 is 11.1 Å². The summed E-state index contributed by atoms with van der Waals surface area (Å²) in [5.41, 5.74) is 6.20. The minimum atomic E-state index is -0.461. The number of nitrogens with zero attached hydrogens (tertiary/aromatic N) is 1. The number of rotatable bonds is 5. The highest BCUT2D eigenvalue weighted by Gasteiger charge is 2.24. The molecular weight excluding hydrogens is 266 g/mol. The van der Waals surface area contributed by atoms with Crippen LogP contribution in [0.4, 0.5) is 11.4 Å². The van der Waals surface area contributed by atoms with E-state index in [1.807, 2.05) is 13.8 Å². The van der Waals surface area contributed by atoms with Crippen LogP contribution in [0.1, 0.15) is 13.8 Å². The summed E-state index contributed by atoms with van der Waals surface area (Å²) < 4.78 is 0. The topological polar surface area (TPSA) is 78.6 Å². The average Bonchev–Trinajstić information content (AvgIpc) is 2.33. The number of nitrogens with one attached hydrogen (secondary N) is 1. The van der Waals surface area contributed by atoms with E-state index in [1.54, 1.807) is 30.1 Å². The smallest absolute Gasteiger partial charge is 0.238 e. The zero-order valence-corrected chi connectivity index (χ0v) is 12.2. The predicted octanol–water partition coefficient (Wildman–Crippen LogP) is 1.56. The number of carbonyl (C=O) groups is 1. The fraction of sp³-hybridized carbons (Fsp3) is 0.462. The number of benzene rings is 1. The van der Waals surface area contributed by atoms with Crippen molar-refractivity contribution in [3.63, 3.8) is 0 Å². The first-order valence-electron chi connectivity index (χ1n) is 5.93. The zero-order valence-electron chi connectivity index (χ0n) is 11.4. The Kier molecular flexibility index (Phi) is 5.17. The van der Waals surface area contributed by atoms with Crippen molar-refractivity contribution in [2.24, 2.45) is 0 Å². The molecule has 6 heteroatoms. The number of hydrogen-bond acceptors (Lipinski definition) is 4. The number of amides is 1. The molecular formula is C13H20ClN3O2. The van der Waals surface area contributed by atoms with Crippen LogP contribution in [0.5, 0.6) is 0 Å². The van der Waals surface area contributed by atoms with E-state index in [0.29, 0.717) is 16.4 Å². The highest BCUT2D eigenvalue weighted by Crippen LogP contribution is 2.24. The summed E-state index contributed by atoms with van der Waals surface area (Å²) in [6.07, 6.45) is 0. The quantitative estimate of drug-likeness (QED) is 0.718. The molecule has 0 radical (unpaired) electrons. The Labute approximate surface area is 118 Å². The molecule has 0 saturated carbocycles. The van der Waals surface area contributed by atoms with Crippen LogP contribution >= 0.6 is 11.6 Å². The van der Waals surface area contributed by atoms with Crippen molar-refractivity contribution < 1.29 is 9.90 Å². The SMILES string of the molecule is CN(CC(=O)Nc1cc(N)ccc1Cl)C(C)(C)CO. The third-order valence-electron chi connectivity index (χ3n) is 3.07. The lowest BCUT2D eigenvalue weighted by Crippen LogP contribution is -2.47. The molecule has 0 atom stereocenters. The van der Waals surface area contributed by atoms with Crippen molar-refractivity contribution in [1.82, 2.24) is 4.90 Å². The van der Waals surface area contributed by atoms with E-state index in [4.69, 9.17) is 17.3 Å². The van der Waals surface area contributed by atoms with Crippen LogP contribution in [0.25, 0.3) is 0 Å². The molecule has 0 unspecified atom stereocenters. The summed E-state index contributed by atoms with van der Waals surface area (Å²) in [5.74, 6) is -0.212. The largest absolute Gasteiger partial charge is 0.399 e. The van der Waals surface area contributed by atoms with Crippen LogP contribution in [0, 0.1) is 0 Å². The average molecular weight is 286 g/mol. The summed E-state index contributed by atoms with van der Waals surface area (Å²) in [6.45, 7) is 3.83. The molecule has 0 heterocycles. The third-order valence-corrected chi connectivity index (χ3v) is 3.40. The Hall–Kier alpha value is -1.30. The Bertz CT molecular complexity index is 463. The maximum absolute atomic E-state index is 11.9. The third kappa shape index (κ3) is 4.38. The lowest BCUT2D eigenvalue weighted by atomic mass is 10.1. The van der Waals surface area contributed by atoms with Crippen molar-refractivity contribution in [2.45, 2.75) is 19.4 Å². The molecule has 0 bridgehead atoms. The van der Waals surface area contributed by atoms with E-state index in [1.165, 1.54) is 0 Å². The van der Waals surface area contributed by atoms with Gasteiger partial charge in [0, 0.05) is 11.2 Å². The first kappa shape index (κ1) is 15.8. The number of hydrogen-bond donors (Lipinski definition) is 3. The highest BCUT2D eigenvalue weighted by atomic mass is 35.5. The Morgan fingerprint density at radius 1 is 1.53 bits per heavy atom. The Morgan fingerprint density at radius 3 is 2.74 bits per heavy atom. The van der Waals surface area contributed by atoms with E-state index in [9.17, 15) is 9.90 Å². The molecule has 0 spiro atoms. The second kappa shape index (κ2) is 6.23. The van der Waals surface area contributed by atoms with Gasteiger partial charge in [0.15, 0.2) is 0 Å². The van der Waals surface area contributed by atoms with Crippen molar-refractivity contribution in [1.29, 1.82) is 0 Å². The number of carbonyl (C=O) groups excluding carboxylic acids is 1. The van der Waals surface area contributed by atoms with E-state index in [0.717, 1.165) is 0 Å². The second-order valence-electron chi connectivity index (χ2n) is 5.11. The van der Waals surface area contributed by atoms with Crippen LogP contribution in [-0.2, 0) is 4.79 Å². The number of aliphatic hydroxyl groups is 1. The molecule has 1 amide bonds. The minimum absolute atomic E-state index is 0.0319. The minimum Gasteiger partial charge on any atom is -0.399 e. The van der Waals surface area contributed by atoms with E-state index >= 15 is 0 Å². The fourth-order valence-corrected chi connectivity index (χ4v) is 1.54. The zero-order chi connectivity index (χ0) is 14.6. The van der Waals surface area contributed by atoms with Gasteiger partial charge in [0.25, 0.3) is 0 Å². The van der Waals surface area contributed by atoms with Crippen LogP contribution in [0.15, 0.2) is 18.2 Å². The van der Waals surface area contributed by atoms with Crippen molar-refractivity contribution >= 4 is 28.9 Å². The first-order chi connectivity index (χ1) is 8.76. The monoisotopic (exact) mass is 285 g/mol. The maximum Gasteiger partial charge on any atom is 0.238 e.